The van der Waals surface area contributed by atoms with E-state index in [1.54, 1.807) is 42.5 Å². The van der Waals surface area contributed by atoms with E-state index in [-0.39, 0.29) is 24.2 Å². The Labute approximate surface area is 130 Å². The number of aliphatic carboxylic acids is 1. The number of nitrogens with zero attached hydrogens (tertiary/aromatic N) is 2. The summed E-state index contributed by atoms with van der Waals surface area (Å²) in [6.07, 6.45) is -0.307. The van der Waals surface area contributed by atoms with Gasteiger partial charge in [-0.05, 0) is 12.1 Å². The van der Waals surface area contributed by atoms with E-state index >= 15 is 0 Å². The van der Waals surface area contributed by atoms with E-state index in [4.69, 9.17) is 5.11 Å². The van der Waals surface area contributed by atoms with Gasteiger partial charge < -0.3 is 5.11 Å². The number of carboxylic acid groups (broad SMARTS) is 1. The maximum Gasteiger partial charge on any atom is 0.309 e. The summed E-state index contributed by atoms with van der Waals surface area (Å²) in [5, 5.41) is 14.0. The summed E-state index contributed by atoms with van der Waals surface area (Å²) in [6.45, 7) is -0.0526. The highest BCUT2D eigenvalue weighted by Crippen LogP contribution is 2.15. The van der Waals surface area contributed by atoms with Gasteiger partial charge >= 0.3 is 5.97 Å². The minimum atomic E-state index is -1.04. The van der Waals surface area contributed by atoms with Crippen molar-refractivity contribution in [3.8, 4) is 0 Å². The second-order valence-corrected chi connectivity index (χ2v) is 5.12. The van der Waals surface area contributed by atoms with Gasteiger partial charge in [0.2, 0.25) is 0 Å². The highest BCUT2D eigenvalue weighted by Gasteiger charge is 2.14. The lowest BCUT2D eigenvalue weighted by molar-refractivity contribution is -0.136. The molecule has 0 bridgehead atoms. The number of fused-ring (bicyclic) bond motifs is 1. The van der Waals surface area contributed by atoms with E-state index in [0.717, 1.165) is 4.68 Å². The van der Waals surface area contributed by atoms with Gasteiger partial charge in [-0.3, -0.25) is 9.59 Å². The van der Waals surface area contributed by atoms with Gasteiger partial charge in [0, 0.05) is 10.9 Å². The number of hydrogen-bond donors (Lipinski definition) is 1. The van der Waals surface area contributed by atoms with Crippen LogP contribution in [0.2, 0.25) is 0 Å². The summed E-state index contributed by atoms with van der Waals surface area (Å²) in [7, 11) is 0. The van der Waals surface area contributed by atoms with Crippen LogP contribution in [0.4, 0.5) is 4.39 Å². The van der Waals surface area contributed by atoms with Crippen LogP contribution in [0.5, 0.6) is 0 Å². The van der Waals surface area contributed by atoms with Gasteiger partial charge in [-0.15, -0.1) is 0 Å². The van der Waals surface area contributed by atoms with Crippen LogP contribution in [0.3, 0.4) is 0 Å². The Morgan fingerprint density at radius 3 is 2.43 bits per heavy atom. The molecule has 0 amide bonds. The van der Waals surface area contributed by atoms with Crippen LogP contribution in [0.1, 0.15) is 11.3 Å². The van der Waals surface area contributed by atoms with E-state index in [9.17, 15) is 14.0 Å². The molecule has 23 heavy (non-hydrogen) atoms. The topological polar surface area (TPSA) is 72.2 Å². The van der Waals surface area contributed by atoms with E-state index in [1.165, 1.54) is 6.07 Å². The molecular weight excluding hydrogens is 299 g/mol. The maximum atomic E-state index is 13.8. The molecule has 0 aliphatic rings. The quantitative estimate of drug-likeness (QED) is 0.801. The number of hydrogen-bond acceptors (Lipinski definition) is 3. The minimum Gasteiger partial charge on any atom is -0.481 e. The number of halogens is 1. The van der Waals surface area contributed by atoms with Crippen molar-refractivity contribution in [1.29, 1.82) is 0 Å². The number of carbonyl (C=O) groups is 1. The second kappa shape index (κ2) is 6.00. The second-order valence-electron chi connectivity index (χ2n) is 5.12. The Morgan fingerprint density at radius 1 is 1.09 bits per heavy atom. The first-order chi connectivity index (χ1) is 11.1. The first-order valence-corrected chi connectivity index (χ1v) is 7.00. The zero-order valence-corrected chi connectivity index (χ0v) is 12.1. The van der Waals surface area contributed by atoms with Crippen molar-refractivity contribution in [3.05, 3.63) is 76.0 Å². The molecule has 0 unspecified atom stereocenters. The molecule has 0 spiro atoms. The van der Waals surface area contributed by atoms with Gasteiger partial charge in [-0.1, -0.05) is 36.4 Å². The molecule has 0 saturated carbocycles. The molecule has 0 fully saturated rings. The van der Waals surface area contributed by atoms with Crippen LogP contribution < -0.4 is 5.56 Å². The van der Waals surface area contributed by atoms with E-state index in [0.29, 0.717) is 16.3 Å². The summed E-state index contributed by atoms with van der Waals surface area (Å²) < 4.78 is 14.9. The van der Waals surface area contributed by atoms with Crippen LogP contribution in [-0.4, -0.2) is 20.9 Å². The van der Waals surface area contributed by atoms with Crippen LogP contribution in [0, 0.1) is 5.82 Å². The molecule has 0 aliphatic heterocycles. The molecule has 3 aromatic rings. The SMILES string of the molecule is O=C(O)Cc1nn(Cc2ccccc2F)c(=O)c2ccccc12. The van der Waals surface area contributed by atoms with Gasteiger partial charge in [-0.2, -0.15) is 5.10 Å². The molecule has 0 atom stereocenters. The Kier molecular flexibility index (Phi) is 3.89. The largest absolute Gasteiger partial charge is 0.481 e. The monoisotopic (exact) mass is 312 g/mol. The van der Waals surface area contributed by atoms with Crippen molar-refractivity contribution in [3.63, 3.8) is 0 Å². The third-order valence-electron chi connectivity index (χ3n) is 3.54. The molecule has 3 rings (SSSR count). The molecule has 2 aromatic carbocycles. The van der Waals surface area contributed by atoms with Crippen LogP contribution in [0.25, 0.3) is 10.8 Å². The predicted octanol–water partition coefficient (Wildman–Crippen LogP) is 2.21. The van der Waals surface area contributed by atoms with Crippen LogP contribution in [-0.2, 0) is 17.8 Å². The highest BCUT2D eigenvalue weighted by atomic mass is 19.1. The van der Waals surface area contributed by atoms with Gasteiger partial charge in [0.1, 0.15) is 5.82 Å². The fourth-order valence-corrected chi connectivity index (χ4v) is 2.47. The minimum absolute atomic E-state index is 0.0526. The number of carboxylic acids is 1. The average molecular weight is 312 g/mol. The highest BCUT2D eigenvalue weighted by molar-refractivity contribution is 5.86. The molecule has 1 heterocycles. The molecule has 6 heteroatoms. The Hall–Kier alpha value is -3.02. The lowest BCUT2D eigenvalue weighted by Crippen LogP contribution is -2.26. The molecule has 0 radical (unpaired) electrons. The molecule has 0 saturated heterocycles. The number of rotatable bonds is 4. The molecule has 1 N–H and O–H groups in total. The molecule has 116 valence electrons. The first-order valence-electron chi connectivity index (χ1n) is 7.00. The van der Waals surface area contributed by atoms with Crippen molar-refractivity contribution >= 4 is 16.7 Å². The first kappa shape index (κ1) is 14.9. The summed E-state index contributed by atoms with van der Waals surface area (Å²) in [5.74, 6) is -1.48. The molecule has 5 nitrogen and oxygen atoms in total. The maximum absolute atomic E-state index is 13.8. The molecule has 1 aromatic heterocycles. The van der Waals surface area contributed by atoms with Gasteiger partial charge in [-0.25, -0.2) is 9.07 Å². The van der Waals surface area contributed by atoms with Crippen molar-refractivity contribution in [1.82, 2.24) is 9.78 Å². The summed E-state index contributed by atoms with van der Waals surface area (Å²) in [5.41, 5.74) is 0.223. The Morgan fingerprint density at radius 2 is 1.74 bits per heavy atom. The van der Waals surface area contributed by atoms with Crippen molar-refractivity contribution < 1.29 is 14.3 Å². The summed E-state index contributed by atoms with van der Waals surface area (Å²) >= 11 is 0. The molecule has 0 aliphatic carbocycles. The number of benzene rings is 2. The van der Waals surface area contributed by atoms with Crippen molar-refractivity contribution in [2.45, 2.75) is 13.0 Å². The Bertz CT molecular complexity index is 950. The smallest absolute Gasteiger partial charge is 0.309 e. The third-order valence-corrected chi connectivity index (χ3v) is 3.54. The average Bonchev–Trinajstić information content (AvgIpc) is 2.53. The number of aromatic nitrogens is 2. The fourth-order valence-electron chi connectivity index (χ4n) is 2.47. The lowest BCUT2D eigenvalue weighted by atomic mass is 10.1. The summed E-state index contributed by atoms with van der Waals surface area (Å²) in [6, 6.07) is 12.8. The summed E-state index contributed by atoms with van der Waals surface area (Å²) in [4.78, 5) is 23.5. The van der Waals surface area contributed by atoms with Crippen molar-refractivity contribution in [2.24, 2.45) is 0 Å². The third kappa shape index (κ3) is 2.96. The normalized spacial score (nSPS) is 10.8. The molecular formula is C17H13FN2O3. The van der Waals surface area contributed by atoms with Gasteiger partial charge in [0.15, 0.2) is 0 Å². The lowest BCUT2D eigenvalue weighted by Gasteiger charge is -2.10. The van der Waals surface area contributed by atoms with E-state index < -0.39 is 11.8 Å². The zero-order valence-electron chi connectivity index (χ0n) is 12.1. The predicted molar refractivity (Wildman–Crippen MR) is 82.8 cm³/mol. The Balaban J connectivity index is 2.17. The van der Waals surface area contributed by atoms with Gasteiger partial charge in [0.05, 0.1) is 24.0 Å². The van der Waals surface area contributed by atoms with Crippen LogP contribution in [0.15, 0.2) is 53.3 Å². The van der Waals surface area contributed by atoms with Gasteiger partial charge in [0.25, 0.3) is 5.56 Å². The standard InChI is InChI=1S/C17H13FN2O3/c18-14-8-4-1-5-11(14)10-20-17(23)13-7-3-2-6-12(13)15(19-20)9-16(21)22/h1-8H,9-10H2,(H,21,22). The van der Waals surface area contributed by atoms with Crippen LogP contribution >= 0.6 is 0 Å². The zero-order chi connectivity index (χ0) is 16.4. The van der Waals surface area contributed by atoms with E-state index in [2.05, 4.69) is 5.10 Å². The fraction of sp³-hybridized carbons (Fsp3) is 0.118. The van der Waals surface area contributed by atoms with Crippen molar-refractivity contribution in [2.75, 3.05) is 0 Å². The van der Waals surface area contributed by atoms with E-state index in [1.807, 2.05) is 0 Å².